The highest BCUT2D eigenvalue weighted by atomic mass is 16.4. The van der Waals surface area contributed by atoms with Crippen LogP contribution in [0.15, 0.2) is 0 Å². The van der Waals surface area contributed by atoms with Gasteiger partial charge in [0, 0.05) is 0 Å². The van der Waals surface area contributed by atoms with Gasteiger partial charge in [-0.25, -0.2) is 0 Å². The second kappa shape index (κ2) is 6.73. The van der Waals surface area contributed by atoms with Crippen LogP contribution in [0.1, 0.15) is 55.4 Å². The minimum atomic E-state index is -1.45. The molecule has 0 radical (unpaired) electrons. The lowest BCUT2D eigenvalue weighted by Crippen LogP contribution is -2.65. The number of hydrogen-bond donors (Lipinski definition) is 4. The van der Waals surface area contributed by atoms with Gasteiger partial charge in [0.25, 0.3) is 0 Å². The van der Waals surface area contributed by atoms with Crippen LogP contribution in [0.25, 0.3) is 0 Å². The molecule has 4 nitrogen and oxygen atoms in total. The summed E-state index contributed by atoms with van der Waals surface area (Å²) in [4.78, 5) is 0. The van der Waals surface area contributed by atoms with Crippen molar-refractivity contribution < 1.29 is 20.4 Å². The van der Waals surface area contributed by atoms with Gasteiger partial charge in [0.15, 0.2) is 0 Å². The maximum atomic E-state index is 10.8. The van der Waals surface area contributed by atoms with Crippen LogP contribution in [0.4, 0.5) is 0 Å². The maximum absolute atomic E-state index is 10.8. The van der Waals surface area contributed by atoms with E-state index in [1.807, 2.05) is 0 Å². The van der Waals surface area contributed by atoms with Gasteiger partial charge in [-0.05, 0) is 23.7 Å². The van der Waals surface area contributed by atoms with E-state index in [9.17, 15) is 20.4 Å². The molecule has 2 atom stereocenters. The third-order valence-electron chi connectivity index (χ3n) is 4.95. The van der Waals surface area contributed by atoms with E-state index in [4.69, 9.17) is 0 Å². The summed E-state index contributed by atoms with van der Waals surface area (Å²) in [5.41, 5.74) is -2.89. The summed E-state index contributed by atoms with van der Waals surface area (Å²) in [5.74, 6) is -0.960. The first-order valence-electron chi connectivity index (χ1n) is 7.65. The summed E-state index contributed by atoms with van der Waals surface area (Å²) in [6.07, 6.45) is -2.81. The van der Waals surface area contributed by atoms with Gasteiger partial charge in [-0.15, -0.1) is 0 Å². The Morgan fingerprint density at radius 2 is 0.650 bits per heavy atom. The second-order valence-corrected chi connectivity index (χ2v) is 7.28. The van der Waals surface area contributed by atoms with Crippen LogP contribution in [-0.4, -0.2) is 43.8 Å². The highest BCUT2D eigenvalue weighted by Crippen LogP contribution is 2.38. The minimum absolute atomic E-state index is 0.240. The lowest BCUT2D eigenvalue weighted by atomic mass is 9.67. The van der Waals surface area contributed by atoms with Crippen molar-refractivity contribution >= 4 is 0 Å². The van der Waals surface area contributed by atoms with Crippen molar-refractivity contribution in [2.75, 3.05) is 0 Å². The van der Waals surface area contributed by atoms with Crippen LogP contribution in [0, 0.1) is 23.7 Å². The highest BCUT2D eigenvalue weighted by molar-refractivity contribution is 5.04. The molecule has 0 bridgehead atoms. The number of rotatable bonds is 7. The van der Waals surface area contributed by atoms with Crippen LogP contribution < -0.4 is 0 Å². The number of hydrogen-bond acceptors (Lipinski definition) is 4. The molecular formula is C16H34O4. The van der Waals surface area contributed by atoms with Crippen LogP contribution in [0.5, 0.6) is 0 Å². The number of aliphatic hydroxyl groups excluding tert-OH is 2. The van der Waals surface area contributed by atoms with Crippen molar-refractivity contribution in [3.8, 4) is 0 Å². The van der Waals surface area contributed by atoms with E-state index < -0.39 is 23.4 Å². The minimum Gasteiger partial charge on any atom is -0.387 e. The van der Waals surface area contributed by atoms with Crippen molar-refractivity contribution in [2.24, 2.45) is 23.7 Å². The first-order chi connectivity index (χ1) is 8.84. The Balaban J connectivity index is 5.61. The Morgan fingerprint density at radius 3 is 0.750 bits per heavy atom. The van der Waals surface area contributed by atoms with Crippen molar-refractivity contribution in [3.05, 3.63) is 0 Å². The topological polar surface area (TPSA) is 80.9 Å². The predicted octanol–water partition coefficient (Wildman–Crippen LogP) is 1.79. The first-order valence-corrected chi connectivity index (χ1v) is 7.65. The summed E-state index contributed by atoms with van der Waals surface area (Å²) < 4.78 is 0. The van der Waals surface area contributed by atoms with Gasteiger partial charge in [0.05, 0.1) is 11.2 Å². The van der Waals surface area contributed by atoms with E-state index in [1.165, 1.54) is 0 Å². The Morgan fingerprint density at radius 1 is 0.500 bits per heavy atom. The van der Waals surface area contributed by atoms with Crippen molar-refractivity contribution in [1.82, 2.24) is 0 Å². The summed E-state index contributed by atoms with van der Waals surface area (Å²) >= 11 is 0. The van der Waals surface area contributed by atoms with Crippen molar-refractivity contribution in [2.45, 2.75) is 78.8 Å². The molecule has 0 aliphatic rings. The van der Waals surface area contributed by atoms with E-state index in [0.717, 1.165) is 0 Å². The molecule has 0 saturated heterocycles. The van der Waals surface area contributed by atoms with E-state index in [0.29, 0.717) is 0 Å². The van der Waals surface area contributed by atoms with E-state index in [2.05, 4.69) is 0 Å². The maximum Gasteiger partial charge on any atom is 0.112 e. The molecule has 0 aromatic carbocycles. The zero-order valence-corrected chi connectivity index (χ0v) is 14.3. The Bertz CT molecular complexity index is 251. The molecule has 20 heavy (non-hydrogen) atoms. The second-order valence-electron chi connectivity index (χ2n) is 7.28. The molecule has 0 spiro atoms. The predicted molar refractivity (Wildman–Crippen MR) is 81.3 cm³/mol. The lowest BCUT2D eigenvalue weighted by Gasteiger charge is -2.48. The average Bonchev–Trinajstić information content (AvgIpc) is 2.33. The van der Waals surface area contributed by atoms with Crippen LogP contribution in [-0.2, 0) is 0 Å². The van der Waals surface area contributed by atoms with Crippen molar-refractivity contribution in [3.63, 3.8) is 0 Å². The van der Waals surface area contributed by atoms with E-state index in [-0.39, 0.29) is 23.7 Å². The number of aliphatic hydroxyl groups is 4. The molecule has 0 heterocycles. The van der Waals surface area contributed by atoms with E-state index in [1.54, 1.807) is 55.4 Å². The van der Waals surface area contributed by atoms with Gasteiger partial charge in [0.2, 0.25) is 0 Å². The molecule has 0 aliphatic heterocycles. The van der Waals surface area contributed by atoms with Gasteiger partial charge in [0.1, 0.15) is 12.2 Å². The summed E-state index contributed by atoms with van der Waals surface area (Å²) in [6, 6.07) is 0. The zero-order valence-electron chi connectivity index (χ0n) is 14.3. The normalized spacial score (nSPS) is 17.4. The smallest absolute Gasteiger partial charge is 0.112 e. The third kappa shape index (κ3) is 3.19. The third-order valence-corrected chi connectivity index (χ3v) is 4.95. The molecule has 2 unspecified atom stereocenters. The standard InChI is InChI=1S/C16H34O4/c1-9(2)15(19,10(3)4)13(17)14(18)16(20,11(5)6)12(7)8/h9-14,17-20H,1-8H3. The molecule has 4 N–H and O–H groups in total. The first kappa shape index (κ1) is 19.8. The molecule has 0 rings (SSSR count). The summed E-state index contributed by atoms with van der Waals surface area (Å²) in [7, 11) is 0. The van der Waals surface area contributed by atoms with Crippen LogP contribution in [0.3, 0.4) is 0 Å². The fraction of sp³-hybridized carbons (Fsp3) is 1.00. The van der Waals surface area contributed by atoms with Gasteiger partial charge in [-0.1, -0.05) is 55.4 Å². The van der Waals surface area contributed by atoms with Gasteiger partial charge in [-0.2, -0.15) is 0 Å². The SMILES string of the molecule is CC(C)C(O)(C(C)C)C(O)C(O)C(O)(C(C)C)C(C)C. The molecule has 0 amide bonds. The zero-order chi connectivity index (χ0) is 16.5. The molecule has 0 saturated carbocycles. The molecule has 4 heteroatoms. The Labute approximate surface area is 123 Å². The molecule has 0 aliphatic carbocycles. The monoisotopic (exact) mass is 290 g/mol. The summed E-state index contributed by atoms with van der Waals surface area (Å²) in [5, 5.41) is 42.7. The van der Waals surface area contributed by atoms with Crippen LogP contribution in [0.2, 0.25) is 0 Å². The van der Waals surface area contributed by atoms with Gasteiger partial charge >= 0.3 is 0 Å². The molecule has 0 aromatic rings. The molecule has 122 valence electrons. The highest BCUT2D eigenvalue weighted by Gasteiger charge is 2.53. The summed E-state index contributed by atoms with van der Waals surface area (Å²) in [6.45, 7) is 14.4. The fourth-order valence-electron chi connectivity index (χ4n) is 3.21. The lowest BCUT2D eigenvalue weighted by molar-refractivity contribution is -0.231. The van der Waals surface area contributed by atoms with Crippen molar-refractivity contribution in [1.29, 1.82) is 0 Å². The Kier molecular flexibility index (Phi) is 6.68. The fourth-order valence-corrected chi connectivity index (χ4v) is 3.21. The average molecular weight is 290 g/mol. The van der Waals surface area contributed by atoms with Crippen LogP contribution >= 0.6 is 0 Å². The largest absolute Gasteiger partial charge is 0.387 e. The quantitative estimate of drug-likeness (QED) is 0.576. The van der Waals surface area contributed by atoms with Gasteiger partial charge in [-0.3, -0.25) is 0 Å². The molecular weight excluding hydrogens is 256 g/mol. The van der Waals surface area contributed by atoms with Gasteiger partial charge < -0.3 is 20.4 Å². The molecule has 0 aromatic heterocycles. The van der Waals surface area contributed by atoms with E-state index >= 15 is 0 Å². The molecule has 0 fully saturated rings. The Hall–Kier alpha value is -0.160.